The highest BCUT2D eigenvalue weighted by molar-refractivity contribution is 6.32. The second kappa shape index (κ2) is 7.65. The Morgan fingerprint density at radius 3 is 2.80 bits per heavy atom. The van der Waals surface area contributed by atoms with Crippen LogP contribution in [-0.2, 0) is 24.1 Å². The number of nitrogens with one attached hydrogen (secondary N) is 1. The van der Waals surface area contributed by atoms with Crippen LogP contribution in [0.25, 0.3) is 0 Å². The molecule has 1 unspecified atom stereocenters. The van der Waals surface area contributed by atoms with Gasteiger partial charge in [0.2, 0.25) is 5.91 Å². The van der Waals surface area contributed by atoms with Crippen LogP contribution in [0.4, 0.5) is 17.6 Å². The number of halogens is 5. The Balaban J connectivity index is 1.65. The Bertz CT molecular complexity index is 1040. The van der Waals surface area contributed by atoms with Crippen molar-refractivity contribution in [3.63, 3.8) is 0 Å². The smallest absolute Gasteiger partial charge is 0.338 e. The highest BCUT2D eigenvalue weighted by Gasteiger charge is 2.37. The van der Waals surface area contributed by atoms with Gasteiger partial charge < -0.3 is 10.2 Å². The molecule has 2 aliphatic heterocycles. The number of likely N-dealkylation sites (tertiary alicyclic amines) is 1. The maximum absolute atomic E-state index is 13.5. The molecular formula is C17H17ClF4N6O2. The second-order valence-electron chi connectivity index (χ2n) is 7.16. The van der Waals surface area contributed by atoms with E-state index in [0.29, 0.717) is 0 Å². The van der Waals surface area contributed by atoms with Crippen molar-refractivity contribution >= 4 is 17.5 Å². The standard InChI is InChI=1S/C17H17ClF4N6O2/c18-14-10(17(20,21)22)1-3-24-11(14)8-27-16(30)28-12(5-23-6-13(28)25-27)15(29)26-4-2-9(19)7-26/h1,3,9,12,23H,2,4-8H2/t9-,12?/m0/s1. The number of fused-ring (bicyclic) bond motifs is 1. The van der Waals surface area contributed by atoms with Gasteiger partial charge >= 0.3 is 11.9 Å². The van der Waals surface area contributed by atoms with Crippen molar-refractivity contribution < 1.29 is 22.4 Å². The molecule has 1 saturated heterocycles. The summed E-state index contributed by atoms with van der Waals surface area (Å²) in [6.07, 6.45) is -4.57. The first kappa shape index (κ1) is 20.8. The first-order valence-electron chi connectivity index (χ1n) is 9.19. The normalized spacial score (nSPS) is 21.7. The average Bonchev–Trinajstić information content (AvgIpc) is 3.25. The molecule has 1 fully saturated rings. The van der Waals surface area contributed by atoms with E-state index in [9.17, 15) is 27.2 Å². The lowest BCUT2D eigenvalue weighted by molar-refractivity contribution is -0.137. The molecule has 0 spiro atoms. The molecular weight excluding hydrogens is 432 g/mol. The van der Waals surface area contributed by atoms with Crippen molar-refractivity contribution in [2.75, 3.05) is 19.6 Å². The van der Waals surface area contributed by atoms with E-state index in [2.05, 4.69) is 15.4 Å². The molecule has 4 rings (SSSR count). The summed E-state index contributed by atoms with van der Waals surface area (Å²) in [5, 5.41) is 6.51. The van der Waals surface area contributed by atoms with Gasteiger partial charge in [0.1, 0.15) is 18.0 Å². The van der Waals surface area contributed by atoms with Crippen LogP contribution in [0.1, 0.15) is 29.5 Å². The third kappa shape index (κ3) is 3.69. The first-order valence-corrected chi connectivity index (χ1v) is 9.57. The molecule has 0 aromatic carbocycles. The molecule has 162 valence electrons. The Labute approximate surface area is 172 Å². The summed E-state index contributed by atoms with van der Waals surface area (Å²) in [6, 6.07) is -0.162. The molecule has 2 aliphatic rings. The number of nitrogens with zero attached hydrogens (tertiary/aromatic N) is 5. The maximum atomic E-state index is 13.5. The van der Waals surface area contributed by atoms with Crippen molar-refractivity contribution in [2.45, 2.75) is 37.9 Å². The monoisotopic (exact) mass is 448 g/mol. The van der Waals surface area contributed by atoms with Crippen LogP contribution >= 0.6 is 11.6 Å². The van der Waals surface area contributed by atoms with Crippen LogP contribution < -0.4 is 11.0 Å². The van der Waals surface area contributed by atoms with E-state index in [-0.39, 0.29) is 44.1 Å². The zero-order chi connectivity index (χ0) is 21.6. The van der Waals surface area contributed by atoms with Gasteiger partial charge in [-0.1, -0.05) is 11.6 Å². The maximum Gasteiger partial charge on any atom is 0.417 e. The molecule has 1 amide bonds. The Morgan fingerprint density at radius 1 is 1.37 bits per heavy atom. The molecule has 0 aliphatic carbocycles. The molecule has 0 saturated carbocycles. The molecule has 2 aromatic rings. The van der Waals surface area contributed by atoms with E-state index < -0.39 is 47.1 Å². The largest absolute Gasteiger partial charge is 0.417 e. The molecule has 30 heavy (non-hydrogen) atoms. The second-order valence-corrected chi connectivity index (χ2v) is 7.54. The van der Waals surface area contributed by atoms with E-state index in [1.807, 2.05) is 0 Å². The van der Waals surface area contributed by atoms with Gasteiger partial charge in [0, 0.05) is 19.3 Å². The molecule has 2 aromatic heterocycles. The van der Waals surface area contributed by atoms with E-state index in [1.54, 1.807) is 0 Å². The van der Waals surface area contributed by atoms with Crippen molar-refractivity contribution in [1.29, 1.82) is 0 Å². The van der Waals surface area contributed by atoms with Gasteiger partial charge in [-0.3, -0.25) is 14.3 Å². The minimum atomic E-state index is -4.67. The van der Waals surface area contributed by atoms with Crippen molar-refractivity contribution in [2.24, 2.45) is 0 Å². The number of carbonyl (C=O) groups is 1. The van der Waals surface area contributed by atoms with Crippen LogP contribution in [0.5, 0.6) is 0 Å². The van der Waals surface area contributed by atoms with E-state index in [4.69, 9.17) is 11.6 Å². The summed E-state index contributed by atoms with van der Waals surface area (Å²) in [4.78, 5) is 30.9. The van der Waals surface area contributed by atoms with Crippen molar-refractivity contribution in [3.05, 3.63) is 44.9 Å². The summed E-state index contributed by atoms with van der Waals surface area (Å²) < 4.78 is 54.8. The fourth-order valence-electron chi connectivity index (χ4n) is 3.70. The molecule has 2 atom stereocenters. The number of rotatable bonds is 3. The Hall–Kier alpha value is -2.47. The van der Waals surface area contributed by atoms with Crippen LogP contribution in [0.2, 0.25) is 5.02 Å². The van der Waals surface area contributed by atoms with Gasteiger partial charge in [0.25, 0.3) is 0 Å². The predicted octanol–water partition coefficient (Wildman–Crippen LogP) is 1.38. The zero-order valence-electron chi connectivity index (χ0n) is 15.5. The Kier molecular flexibility index (Phi) is 5.30. The van der Waals surface area contributed by atoms with Gasteiger partial charge in [-0.05, 0) is 12.5 Å². The van der Waals surface area contributed by atoms with Gasteiger partial charge in [0.15, 0.2) is 0 Å². The number of alkyl halides is 4. The minimum absolute atomic E-state index is 0.0304. The highest BCUT2D eigenvalue weighted by Crippen LogP contribution is 2.35. The molecule has 13 heteroatoms. The topological polar surface area (TPSA) is 85.0 Å². The van der Waals surface area contributed by atoms with Crippen LogP contribution in [0.15, 0.2) is 17.1 Å². The van der Waals surface area contributed by atoms with Crippen LogP contribution in [0, 0.1) is 0 Å². The number of hydrogen-bond donors (Lipinski definition) is 1. The summed E-state index contributed by atoms with van der Waals surface area (Å²) in [7, 11) is 0. The number of pyridine rings is 1. The lowest BCUT2D eigenvalue weighted by atomic mass is 10.2. The van der Waals surface area contributed by atoms with Crippen LogP contribution in [0.3, 0.4) is 0 Å². The third-order valence-electron chi connectivity index (χ3n) is 5.17. The molecule has 8 nitrogen and oxygen atoms in total. The highest BCUT2D eigenvalue weighted by atomic mass is 35.5. The SMILES string of the molecule is O=C(C1CNCc2nn(Cc3nccc(C(F)(F)F)c3Cl)c(=O)n21)N1CC[C@H](F)C1. The third-order valence-corrected chi connectivity index (χ3v) is 5.59. The molecule has 0 radical (unpaired) electrons. The lowest BCUT2D eigenvalue weighted by Gasteiger charge is -2.27. The number of aromatic nitrogens is 4. The predicted molar refractivity (Wildman–Crippen MR) is 96.7 cm³/mol. The number of carbonyl (C=O) groups excluding carboxylic acids is 1. The van der Waals surface area contributed by atoms with Crippen LogP contribution in [-0.4, -0.2) is 55.9 Å². The summed E-state index contributed by atoms with van der Waals surface area (Å²) >= 11 is 5.86. The van der Waals surface area contributed by atoms with Gasteiger partial charge in [-0.15, -0.1) is 0 Å². The van der Waals surface area contributed by atoms with E-state index >= 15 is 0 Å². The van der Waals surface area contributed by atoms with E-state index in [1.165, 1.54) is 9.47 Å². The summed E-state index contributed by atoms with van der Waals surface area (Å²) in [6.45, 7) is 0.198. The fourth-order valence-corrected chi connectivity index (χ4v) is 3.98. The number of hydrogen-bond acceptors (Lipinski definition) is 5. The van der Waals surface area contributed by atoms with Crippen molar-refractivity contribution in [3.8, 4) is 0 Å². The first-order chi connectivity index (χ1) is 14.2. The quantitative estimate of drug-likeness (QED) is 0.717. The zero-order valence-corrected chi connectivity index (χ0v) is 16.3. The lowest BCUT2D eigenvalue weighted by Crippen LogP contribution is -2.47. The van der Waals surface area contributed by atoms with Gasteiger partial charge in [-0.25, -0.2) is 13.9 Å². The van der Waals surface area contributed by atoms with Gasteiger partial charge in [0.05, 0.1) is 35.9 Å². The fraction of sp³-hybridized carbons (Fsp3) is 0.529. The van der Waals surface area contributed by atoms with Crippen molar-refractivity contribution in [1.82, 2.24) is 29.5 Å². The Morgan fingerprint density at radius 2 is 2.13 bits per heavy atom. The van der Waals surface area contributed by atoms with Gasteiger partial charge in [-0.2, -0.15) is 18.3 Å². The average molecular weight is 449 g/mol. The summed E-state index contributed by atoms with van der Waals surface area (Å²) in [5.74, 6) is -0.149. The molecule has 4 heterocycles. The number of amides is 1. The summed E-state index contributed by atoms with van der Waals surface area (Å²) in [5.41, 5.74) is -1.90. The van der Waals surface area contributed by atoms with E-state index in [0.717, 1.165) is 16.9 Å². The minimum Gasteiger partial charge on any atom is -0.338 e. The molecule has 1 N–H and O–H groups in total. The molecule has 0 bridgehead atoms.